The maximum atomic E-state index is 12.9. The van der Waals surface area contributed by atoms with E-state index in [2.05, 4.69) is 5.09 Å². The van der Waals surface area contributed by atoms with E-state index in [1.54, 1.807) is 18.7 Å². The Bertz CT molecular complexity index is 635. The maximum Gasteiger partial charge on any atom is 0.410 e. The first-order valence-corrected chi connectivity index (χ1v) is 11.3. The molecule has 0 bridgehead atoms. The number of rotatable bonds is 10. The second-order valence-corrected chi connectivity index (χ2v) is 8.11. The molecule has 0 aliphatic carbocycles. The van der Waals surface area contributed by atoms with Gasteiger partial charge >= 0.3 is 13.8 Å². The van der Waals surface area contributed by atoms with Crippen molar-refractivity contribution in [2.45, 2.75) is 45.9 Å². The van der Waals surface area contributed by atoms with E-state index in [1.165, 1.54) is 0 Å². The Morgan fingerprint density at radius 1 is 1.14 bits per heavy atom. The highest BCUT2D eigenvalue weighted by Crippen LogP contribution is 2.44. The largest absolute Gasteiger partial charge is 0.445 e. The first kappa shape index (κ1) is 22.8. The summed E-state index contributed by atoms with van der Waals surface area (Å²) in [6, 6.07) is 9.13. The molecular weight excluding hydrogens is 383 g/mol. The van der Waals surface area contributed by atoms with Crippen molar-refractivity contribution >= 4 is 13.8 Å². The molecule has 1 saturated heterocycles. The van der Waals surface area contributed by atoms with Crippen LogP contribution in [-0.2, 0) is 29.7 Å². The average molecular weight is 414 g/mol. The highest BCUT2D eigenvalue weighted by atomic mass is 31.2. The third kappa shape index (κ3) is 6.87. The minimum atomic E-state index is -3.48. The van der Waals surface area contributed by atoms with Crippen molar-refractivity contribution in [1.29, 1.82) is 0 Å². The van der Waals surface area contributed by atoms with Crippen molar-refractivity contribution in [3.05, 3.63) is 35.9 Å². The number of hydrogen-bond acceptors (Lipinski definition) is 6. The first-order chi connectivity index (χ1) is 13.5. The van der Waals surface area contributed by atoms with Crippen LogP contribution in [0.3, 0.4) is 0 Å². The number of carbonyl (C=O) groups excluding carboxylic acids is 1. The molecule has 158 valence electrons. The highest BCUT2D eigenvalue weighted by molar-refractivity contribution is 7.51. The Morgan fingerprint density at radius 2 is 1.82 bits per heavy atom. The molecule has 2 rings (SSSR count). The molecule has 1 fully saturated rings. The molecule has 0 saturated carbocycles. The molecule has 1 aliphatic heterocycles. The number of benzene rings is 1. The van der Waals surface area contributed by atoms with Crippen LogP contribution >= 0.6 is 7.75 Å². The number of ether oxygens (including phenoxy) is 2. The molecule has 1 amide bonds. The summed E-state index contributed by atoms with van der Waals surface area (Å²) < 4.78 is 34.7. The topological polar surface area (TPSA) is 86.3 Å². The van der Waals surface area contributed by atoms with E-state index < -0.39 is 13.8 Å². The van der Waals surface area contributed by atoms with Crippen LogP contribution in [0.1, 0.15) is 32.8 Å². The number of nitrogens with zero attached hydrogens (tertiary/aromatic N) is 1. The van der Waals surface area contributed by atoms with Crippen molar-refractivity contribution in [3.8, 4) is 0 Å². The lowest BCUT2D eigenvalue weighted by molar-refractivity contribution is -0.00904. The SMILES string of the molecule is CCO[C@@H]1CCN(C(=O)OCc2ccccc2)C[C@H]1NP(=O)(OCC)OCC. The molecule has 1 aliphatic rings. The van der Waals surface area contributed by atoms with Crippen molar-refractivity contribution in [3.63, 3.8) is 0 Å². The minimum absolute atomic E-state index is 0.197. The lowest BCUT2D eigenvalue weighted by atomic mass is 10.0. The summed E-state index contributed by atoms with van der Waals surface area (Å²) in [7, 11) is -3.48. The highest BCUT2D eigenvalue weighted by Gasteiger charge is 2.38. The van der Waals surface area contributed by atoms with E-state index in [0.29, 0.717) is 26.1 Å². The van der Waals surface area contributed by atoms with Crippen LogP contribution in [0.2, 0.25) is 0 Å². The molecule has 9 heteroatoms. The fourth-order valence-electron chi connectivity index (χ4n) is 3.10. The summed E-state index contributed by atoms with van der Waals surface area (Å²) in [5, 5.41) is 2.96. The monoisotopic (exact) mass is 414 g/mol. The van der Waals surface area contributed by atoms with Gasteiger partial charge in [0.1, 0.15) is 6.61 Å². The van der Waals surface area contributed by atoms with Gasteiger partial charge in [-0.25, -0.2) is 14.4 Å². The summed E-state index contributed by atoms with van der Waals surface area (Å²) in [5.41, 5.74) is 0.923. The fourth-order valence-corrected chi connectivity index (χ4v) is 4.66. The second kappa shape index (κ2) is 11.5. The lowest BCUT2D eigenvalue weighted by Crippen LogP contribution is -2.55. The second-order valence-electron chi connectivity index (χ2n) is 6.34. The van der Waals surface area contributed by atoms with Crippen LogP contribution < -0.4 is 5.09 Å². The normalized spacial score (nSPS) is 20.2. The summed E-state index contributed by atoms with van der Waals surface area (Å²) in [5.74, 6) is 0. The zero-order chi connectivity index (χ0) is 20.4. The number of amides is 1. The zero-order valence-corrected chi connectivity index (χ0v) is 17.7. The van der Waals surface area contributed by atoms with Gasteiger partial charge in [0.25, 0.3) is 0 Å². The summed E-state index contributed by atoms with van der Waals surface area (Å²) in [6.07, 6.45) is -0.00448. The molecule has 0 radical (unpaired) electrons. The number of likely N-dealkylation sites (tertiary alicyclic amines) is 1. The van der Waals surface area contributed by atoms with Crippen LogP contribution in [0.5, 0.6) is 0 Å². The molecule has 0 aromatic heterocycles. The van der Waals surface area contributed by atoms with Gasteiger partial charge in [-0.2, -0.15) is 0 Å². The maximum absolute atomic E-state index is 12.9. The Kier molecular flexibility index (Phi) is 9.41. The number of nitrogens with one attached hydrogen (secondary N) is 1. The molecule has 28 heavy (non-hydrogen) atoms. The van der Waals surface area contributed by atoms with Gasteiger partial charge in [0, 0.05) is 19.7 Å². The summed E-state index contributed by atoms with van der Waals surface area (Å²) >= 11 is 0. The Hall–Kier alpha value is -1.44. The van der Waals surface area contributed by atoms with Gasteiger partial charge in [-0.3, -0.25) is 9.05 Å². The predicted octanol–water partition coefficient (Wildman–Crippen LogP) is 3.57. The van der Waals surface area contributed by atoms with Gasteiger partial charge in [0.15, 0.2) is 0 Å². The van der Waals surface area contributed by atoms with Gasteiger partial charge in [0.2, 0.25) is 0 Å². The van der Waals surface area contributed by atoms with E-state index in [1.807, 2.05) is 37.3 Å². The lowest BCUT2D eigenvalue weighted by Gasteiger charge is -2.39. The Balaban J connectivity index is 2.00. The van der Waals surface area contributed by atoms with Gasteiger partial charge in [-0.1, -0.05) is 30.3 Å². The molecule has 1 N–H and O–H groups in total. The van der Waals surface area contributed by atoms with Gasteiger partial charge in [-0.05, 0) is 32.8 Å². The smallest absolute Gasteiger partial charge is 0.410 e. The quantitative estimate of drug-likeness (QED) is 0.586. The van der Waals surface area contributed by atoms with Gasteiger partial charge in [0.05, 0.1) is 25.4 Å². The summed E-state index contributed by atoms with van der Waals surface area (Å²) in [6.45, 7) is 7.43. The first-order valence-electron chi connectivity index (χ1n) is 9.75. The molecular formula is C19H31N2O6P. The summed E-state index contributed by atoms with van der Waals surface area (Å²) in [4.78, 5) is 14.1. The molecule has 8 nitrogen and oxygen atoms in total. The van der Waals surface area contributed by atoms with Crippen molar-refractivity contribution in [1.82, 2.24) is 9.99 Å². The van der Waals surface area contributed by atoms with Crippen LogP contribution in [0, 0.1) is 0 Å². The standard InChI is InChI=1S/C19H31N2O6P/c1-4-24-18-12-13-21(19(22)25-15-16-10-8-7-9-11-16)14-17(18)20-28(23,26-5-2)27-6-3/h7-11,17-18H,4-6,12-15H2,1-3H3,(H,20,23)/t17-,18-/m1/s1. The van der Waals surface area contributed by atoms with E-state index >= 15 is 0 Å². The molecule has 2 atom stereocenters. The third-order valence-corrected chi connectivity index (χ3v) is 6.16. The molecule has 1 aromatic carbocycles. The van der Waals surface area contributed by atoms with Gasteiger partial charge in [-0.15, -0.1) is 0 Å². The van der Waals surface area contributed by atoms with E-state index in [9.17, 15) is 9.36 Å². The number of carbonyl (C=O) groups is 1. The predicted molar refractivity (Wildman–Crippen MR) is 106 cm³/mol. The minimum Gasteiger partial charge on any atom is -0.445 e. The molecule has 0 spiro atoms. The Labute approximate surface area is 167 Å². The molecule has 1 aromatic rings. The fraction of sp³-hybridized carbons (Fsp3) is 0.632. The molecule has 0 unspecified atom stereocenters. The van der Waals surface area contributed by atoms with E-state index in [4.69, 9.17) is 18.5 Å². The number of hydrogen-bond donors (Lipinski definition) is 1. The van der Waals surface area contributed by atoms with Crippen molar-refractivity contribution in [2.24, 2.45) is 0 Å². The van der Waals surface area contributed by atoms with Gasteiger partial charge < -0.3 is 14.4 Å². The van der Waals surface area contributed by atoms with Crippen molar-refractivity contribution in [2.75, 3.05) is 32.9 Å². The Morgan fingerprint density at radius 3 is 2.43 bits per heavy atom. The van der Waals surface area contributed by atoms with Crippen molar-refractivity contribution < 1.29 is 27.9 Å². The van der Waals surface area contributed by atoms with E-state index in [0.717, 1.165) is 5.56 Å². The molecule has 1 heterocycles. The van der Waals surface area contributed by atoms with Crippen LogP contribution in [0.4, 0.5) is 4.79 Å². The average Bonchev–Trinajstić information content (AvgIpc) is 2.68. The zero-order valence-electron chi connectivity index (χ0n) is 16.8. The van der Waals surface area contributed by atoms with Crippen LogP contribution in [0.15, 0.2) is 30.3 Å². The number of piperidine rings is 1. The third-order valence-electron chi connectivity index (χ3n) is 4.32. The van der Waals surface area contributed by atoms with Crippen LogP contribution in [0.25, 0.3) is 0 Å². The van der Waals surface area contributed by atoms with Crippen LogP contribution in [-0.4, -0.2) is 56.0 Å². The van der Waals surface area contributed by atoms with E-state index in [-0.39, 0.29) is 32.0 Å².